The Morgan fingerprint density at radius 1 is 1.03 bits per heavy atom. The number of hydrogen-bond donors (Lipinski definition) is 0. The van der Waals surface area contributed by atoms with Crippen molar-refractivity contribution in [1.29, 1.82) is 0 Å². The van der Waals surface area contributed by atoms with Crippen LogP contribution in [-0.4, -0.2) is 32.3 Å². The van der Waals surface area contributed by atoms with E-state index in [0.717, 1.165) is 11.3 Å². The van der Waals surface area contributed by atoms with Crippen LogP contribution in [0.15, 0.2) is 75.0 Å². The molecule has 1 amide bonds. The molecule has 4 heterocycles. The van der Waals surface area contributed by atoms with Gasteiger partial charge in [0.05, 0.1) is 6.04 Å². The Bertz CT molecular complexity index is 1460. The molecule has 0 spiro atoms. The first-order valence-corrected chi connectivity index (χ1v) is 12.4. The van der Waals surface area contributed by atoms with Crippen LogP contribution in [0.4, 0.5) is 0 Å². The Kier molecular flexibility index (Phi) is 5.21. The molecule has 0 saturated carbocycles. The molecule has 2 aromatic heterocycles. The Labute approximate surface area is 206 Å². The number of pyridine rings is 1. The van der Waals surface area contributed by atoms with E-state index in [4.69, 9.17) is 4.52 Å². The van der Waals surface area contributed by atoms with Gasteiger partial charge in [-0.1, -0.05) is 47.6 Å². The fourth-order valence-electron chi connectivity index (χ4n) is 4.87. The summed E-state index contributed by atoms with van der Waals surface area (Å²) in [5.74, 6) is 1.49. The third kappa shape index (κ3) is 3.63. The summed E-state index contributed by atoms with van der Waals surface area (Å²) in [6, 6.07) is 18.2. The molecule has 1 unspecified atom stereocenters. The number of rotatable bonds is 3. The van der Waals surface area contributed by atoms with Crippen LogP contribution in [0.3, 0.4) is 0 Å². The molecule has 0 N–H and O–H groups in total. The van der Waals surface area contributed by atoms with Gasteiger partial charge in [0.2, 0.25) is 5.89 Å². The fraction of sp³-hybridized carbons (Fsp3) is 0.231. The van der Waals surface area contributed by atoms with Crippen molar-refractivity contribution in [2.75, 3.05) is 11.7 Å². The number of benzene rings is 2. The van der Waals surface area contributed by atoms with Gasteiger partial charge in [-0.2, -0.15) is 4.98 Å². The van der Waals surface area contributed by atoms with E-state index in [0.29, 0.717) is 23.0 Å². The molecular weight excluding hydrogens is 462 g/mol. The molecule has 9 heteroatoms. The lowest BCUT2D eigenvalue weighted by Gasteiger charge is -2.44. The van der Waals surface area contributed by atoms with Crippen molar-refractivity contribution >= 4 is 17.7 Å². The highest BCUT2D eigenvalue weighted by Crippen LogP contribution is 2.42. The number of aromatic nitrogens is 3. The first-order valence-electron chi connectivity index (χ1n) is 11.4. The number of thioether (sulfide) groups is 1. The van der Waals surface area contributed by atoms with Gasteiger partial charge in [0, 0.05) is 28.5 Å². The van der Waals surface area contributed by atoms with Crippen molar-refractivity contribution in [1.82, 2.24) is 19.7 Å². The maximum Gasteiger partial charge on any atom is 0.274 e. The minimum absolute atomic E-state index is 0.156. The number of carbonyl (C=O) groups excluding carboxylic acids is 1. The van der Waals surface area contributed by atoms with E-state index >= 15 is 0 Å². The van der Waals surface area contributed by atoms with Gasteiger partial charge in [-0.15, -0.1) is 11.8 Å². The molecule has 8 nitrogen and oxygen atoms in total. The largest absolute Gasteiger partial charge is 0.337 e. The average Bonchev–Trinajstić information content (AvgIpc) is 3.20. The van der Waals surface area contributed by atoms with E-state index in [-0.39, 0.29) is 30.6 Å². The second kappa shape index (κ2) is 8.42. The number of carbonyl (C=O) groups is 1. The molecule has 2 aliphatic rings. The van der Waals surface area contributed by atoms with Crippen LogP contribution in [0.1, 0.15) is 50.5 Å². The molecule has 176 valence electrons. The molecule has 0 saturated heterocycles. The van der Waals surface area contributed by atoms with Gasteiger partial charge >= 0.3 is 0 Å². The molecule has 0 bridgehead atoms. The normalized spacial score (nSPS) is 17.0. The summed E-state index contributed by atoms with van der Waals surface area (Å²) in [7, 11) is 0. The molecule has 35 heavy (non-hydrogen) atoms. The Hall–Kier alpha value is -3.85. The highest BCUT2D eigenvalue weighted by molar-refractivity contribution is 7.98. The monoisotopic (exact) mass is 485 g/mol. The highest BCUT2D eigenvalue weighted by atomic mass is 32.2. The zero-order valence-electron chi connectivity index (χ0n) is 19.3. The molecule has 0 fully saturated rings. The van der Waals surface area contributed by atoms with Gasteiger partial charge in [0.15, 0.2) is 11.3 Å². The Morgan fingerprint density at radius 2 is 1.80 bits per heavy atom. The summed E-state index contributed by atoms with van der Waals surface area (Å²) in [6.45, 7) is 3.89. The summed E-state index contributed by atoms with van der Waals surface area (Å²) < 4.78 is 7.18. The lowest BCUT2D eigenvalue weighted by atomic mass is 9.94. The second-order valence-electron chi connectivity index (χ2n) is 8.75. The molecule has 2 aliphatic heterocycles. The summed E-state index contributed by atoms with van der Waals surface area (Å²) in [6.07, 6.45) is 1.71. The molecular formula is C26H23N5O3S. The van der Waals surface area contributed by atoms with Gasteiger partial charge in [-0.3, -0.25) is 19.3 Å². The van der Waals surface area contributed by atoms with E-state index in [2.05, 4.69) is 57.6 Å². The number of nitrogens with zero attached hydrogens (tertiary/aromatic N) is 5. The van der Waals surface area contributed by atoms with E-state index in [9.17, 15) is 9.59 Å². The Balaban J connectivity index is 1.55. The Morgan fingerprint density at radius 3 is 2.60 bits per heavy atom. The first kappa shape index (κ1) is 21.7. The van der Waals surface area contributed by atoms with Crippen LogP contribution in [-0.2, 0) is 12.3 Å². The zero-order valence-corrected chi connectivity index (χ0v) is 20.2. The maximum atomic E-state index is 13.6. The summed E-state index contributed by atoms with van der Waals surface area (Å²) >= 11 is 1.81. The van der Waals surface area contributed by atoms with Crippen LogP contribution >= 0.6 is 11.8 Å². The SMILES string of the molecule is Cc1noc(CN2CN(C3c4ccccc4CSc4ccccc43)n3ccc(=O)c(C)c3C2=O)n1. The van der Waals surface area contributed by atoms with E-state index in [1.807, 2.05) is 22.5 Å². The van der Waals surface area contributed by atoms with Gasteiger partial charge in [0.1, 0.15) is 18.9 Å². The van der Waals surface area contributed by atoms with Crippen LogP contribution in [0.5, 0.6) is 0 Å². The third-order valence-corrected chi connectivity index (χ3v) is 7.68. The number of hydrogen-bond acceptors (Lipinski definition) is 7. The summed E-state index contributed by atoms with van der Waals surface area (Å²) in [4.78, 5) is 33.4. The molecule has 1 atom stereocenters. The quantitative estimate of drug-likeness (QED) is 0.436. The first-order chi connectivity index (χ1) is 17.0. The predicted octanol–water partition coefficient (Wildman–Crippen LogP) is 3.79. The topological polar surface area (TPSA) is 84.5 Å². The molecule has 0 aliphatic carbocycles. The summed E-state index contributed by atoms with van der Waals surface area (Å²) in [5, 5.41) is 6.02. The van der Waals surface area contributed by atoms with Crippen molar-refractivity contribution in [2.24, 2.45) is 0 Å². The van der Waals surface area contributed by atoms with Crippen LogP contribution in [0, 0.1) is 13.8 Å². The van der Waals surface area contributed by atoms with Crippen molar-refractivity contribution < 1.29 is 9.32 Å². The maximum absolute atomic E-state index is 13.6. The number of fused-ring (bicyclic) bond motifs is 3. The third-order valence-electron chi connectivity index (χ3n) is 6.54. The molecule has 2 aromatic carbocycles. The summed E-state index contributed by atoms with van der Waals surface area (Å²) in [5.41, 5.74) is 4.18. The van der Waals surface area contributed by atoms with Crippen molar-refractivity contribution in [3.8, 4) is 0 Å². The average molecular weight is 486 g/mol. The fourth-order valence-corrected chi connectivity index (χ4v) is 5.96. The van der Waals surface area contributed by atoms with E-state index in [1.165, 1.54) is 22.1 Å². The molecule has 6 rings (SSSR count). The van der Waals surface area contributed by atoms with Gasteiger partial charge in [-0.25, -0.2) is 0 Å². The smallest absolute Gasteiger partial charge is 0.274 e. The lowest BCUT2D eigenvalue weighted by molar-refractivity contribution is 0.0647. The van der Waals surface area contributed by atoms with Gasteiger partial charge in [0.25, 0.3) is 5.91 Å². The molecule has 0 radical (unpaired) electrons. The van der Waals surface area contributed by atoms with E-state index < -0.39 is 0 Å². The van der Waals surface area contributed by atoms with Crippen molar-refractivity contribution in [2.45, 2.75) is 37.1 Å². The number of aryl methyl sites for hydroxylation is 1. The zero-order chi connectivity index (χ0) is 24.1. The van der Waals surface area contributed by atoms with Crippen molar-refractivity contribution in [3.63, 3.8) is 0 Å². The second-order valence-corrected chi connectivity index (χ2v) is 9.76. The van der Waals surface area contributed by atoms with Gasteiger partial charge < -0.3 is 9.42 Å². The van der Waals surface area contributed by atoms with Crippen LogP contribution in [0.2, 0.25) is 0 Å². The van der Waals surface area contributed by atoms with Crippen LogP contribution < -0.4 is 10.4 Å². The van der Waals surface area contributed by atoms with Gasteiger partial charge in [-0.05, 0) is 36.6 Å². The minimum Gasteiger partial charge on any atom is -0.337 e. The predicted molar refractivity (Wildman–Crippen MR) is 132 cm³/mol. The minimum atomic E-state index is -0.239. The van der Waals surface area contributed by atoms with Crippen molar-refractivity contribution in [3.05, 3.63) is 111 Å². The van der Waals surface area contributed by atoms with Crippen LogP contribution in [0.25, 0.3) is 0 Å². The molecule has 4 aromatic rings. The number of amides is 1. The highest BCUT2D eigenvalue weighted by Gasteiger charge is 2.38. The van der Waals surface area contributed by atoms with E-state index in [1.54, 1.807) is 24.9 Å². The standard InChI is InChI=1S/C26H23N5O3S/c1-16-21(32)11-12-30-24(16)26(33)29(13-23-27-17(2)28-34-23)15-31(30)25-19-8-4-3-7-18(19)14-35-22-10-6-5-9-20(22)25/h3-12,25H,13-15H2,1-2H3. The lowest BCUT2D eigenvalue weighted by Crippen LogP contribution is -2.55.